The summed E-state index contributed by atoms with van der Waals surface area (Å²) in [7, 11) is -6.43. The van der Waals surface area contributed by atoms with E-state index in [1.165, 1.54) is 0 Å². The van der Waals surface area contributed by atoms with E-state index in [1.54, 1.807) is 0 Å². The molecule has 0 fully saturated rings. The maximum absolute atomic E-state index is 15.9. The van der Waals surface area contributed by atoms with Crippen LogP contribution in [0, 0.1) is 0 Å². The van der Waals surface area contributed by atoms with Gasteiger partial charge < -0.3 is 0 Å². The van der Waals surface area contributed by atoms with Gasteiger partial charge in [-0.05, 0) is 0 Å². The first-order valence-corrected chi connectivity index (χ1v) is 24.0. The van der Waals surface area contributed by atoms with Gasteiger partial charge in [0.1, 0.15) is 0 Å². The number of hydrogen-bond donors (Lipinski definition) is 0. The molecule has 20 heavy (non-hydrogen) atoms. The monoisotopic (exact) mass is 413 g/mol. The summed E-state index contributed by atoms with van der Waals surface area (Å²) in [6.45, 7) is 27.9. The molecule has 0 unspecified atom stereocenters. The molecule has 0 aromatic heterocycles. The zero-order valence-electron chi connectivity index (χ0n) is 15.8. The number of halogens is 1. The molecule has 2 nitrogen and oxygen atoms in total. The van der Waals surface area contributed by atoms with E-state index < -0.39 is 48.2 Å². The molecule has 0 heterocycles. The quantitative estimate of drug-likeness (QED) is 0.574. The van der Waals surface area contributed by atoms with Gasteiger partial charge in [-0.1, -0.05) is 0 Å². The predicted molar refractivity (Wildman–Crippen MR) is 104 cm³/mol. The minimum atomic E-state index is -2.85. The molecule has 121 valence electrons. The van der Waals surface area contributed by atoms with E-state index in [0.717, 1.165) is 0 Å². The molecule has 0 aromatic rings. The van der Waals surface area contributed by atoms with E-state index in [9.17, 15) is 0 Å². The molecule has 0 N–H and O–H groups in total. The van der Waals surface area contributed by atoms with Gasteiger partial charge in [0.05, 0.1) is 0 Å². The van der Waals surface area contributed by atoms with Crippen LogP contribution in [0.1, 0.15) is 0 Å². The molecule has 0 aliphatic rings. The fraction of sp³-hybridized carbons (Fsp3) is 1.00. The Hall–Kier alpha value is 1.26. The van der Waals surface area contributed by atoms with Crippen LogP contribution in [-0.4, -0.2) is 54.6 Å². The Morgan fingerprint density at radius 2 is 0.650 bits per heavy atom. The van der Waals surface area contributed by atoms with Crippen molar-refractivity contribution in [2.24, 2.45) is 0 Å². The first-order valence-electron chi connectivity index (χ1n) is 7.53. The van der Waals surface area contributed by atoms with Crippen LogP contribution in [-0.2, 0) is 0 Å². The Bertz CT molecular complexity index is 268. The number of hydrogen-bond acceptors (Lipinski definition) is 2. The second kappa shape index (κ2) is 6.40. The summed E-state index contributed by atoms with van der Waals surface area (Å²) >= 11 is -2.85. The van der Waals surface area contributed by atoms with Crippen molar-refractivity contribution in [3.05, 3.63) is 0 Å². The molecule has 1 radical (unpaired) electrons. The van der Waals surface area contributed by atoms with E-state index in [0.29, 0.717) is 0 Å². The van der Waals surface area contributed by atoms with Gasteiger partial charge in [0.15, 0.2) is 0 Å². The first kappa shape index (κ1) is 21.3. The molecule has 0 saturated heterocycles. The standard InChI is InChI=1S/C12H36FGeN2Si4/c1-17(2,3)15(18(4,5)6)14(13)16(19(7,8)9)20(10,11)12/h1-12H3. The third-order valence-corrected chi connectivity index (χ3v) is 38.7. The Morgan fingerprint density at radius 3 is 0.750 bits per heavy atom. The van der Waals surface area contributed by atoms with Crippen LogP contribution >= 0.6 is 0 Å². The molecule has 0 atom stereocenters. The van der Waals surface area contributed by atoms with Crippen LogP contribution < -0.4 is 0 Å². The maximum atomic E-state index is 15.9. The van der Waals surface area contributed by atoms with Crippen molar-refractivity contribution in [1.82, 2.24) is 6.38 Å². The molecule has 0 aromatic carbocycles. The van der Waals surface area contributed by atoms with Gasteiger partial charge in [-0.2, -0.15) is 0 Å². The fourth-order valence-electron chi connectivity index (χ4n) is 3.22. The van der Waals surface area contributed by atoms with Crippen LogP contribution in [0.2, 0.25) is 78.6 Å². The van der Waals surface area contributed by atoms with Crippen LogP contribution in [0.5, 0.6) is 0 Å². The first-order chi connectivity index (χ1) is 8.40. The Balaban J connectivity index is 5.81. The molecule has 0 aliphatic heterocycles. The van der Waals surface area contributed by atoms with Crippen LogP contribution in [0.3, 0.4) is 0 Å². The molecule has 0 rings (SSSR count). The molecular weight excluding hydrogens is 376 g/mol. The van der Waals surface area contributed by atoms with Crippen molar-refractivity contribution in [3.8, 4) is 0 Å². The van der Waals surface area contributed by atoms with Gasteiger partial charge >= 0.3 is 137 Å². The van der Waals surface area contributed by atoms with E-state index in [1.807, 2.05) is 0 Å². The van der Waals surface area contributed by atoms with Gasteiger partial charge in [-0.3, -0.25) is 0 Å². The van der Waals surface area contributed by atoms with Crippen molar-refractivity contribution in [3.63, 3.8) is 0 Å². The van der Waals surface area contributed by atoms with Crippen LogP contribution in [0.15, 0.2) is 0 Å². The Labute approximate surface area is 136 Å². The summed E-state index contributed by atoms with van der Waals surface area (Å²) in [6, 6.07) is 0. The molecular formula is C12H36FGeN2Si4. The Morgan fingerprint density at radius 1 is 0.500 bits per heavy atom. The third-order valence-electron chi connectivity index (χ3n) is 3.05. The second-order valence-corrected chi connectivity index (χ2v) is 36.4. The van der Waals surface area contributed by atoms with Gasteiger partial charge in [0, 0.05) is 0 Å². The number of nitrogens with zero attached hydrogens (tertiary/aromatic N) is 2. The predicted octanol–water partition coefficient (Wildman–Crippen LogP) is 4.88. The summed E-state index contributed by atoms with van der Waals surface area (Å²) in [5.74, 6) is 0. The zero-order valence-corrected chi connectivity index (χ0v) is 21.9. The van der Waals surface area contributed by atoms with E-state index in [-0.39, 0.29) is 0 Å². The van der Waals surface area contributed by atoms with Crippen LogP contribution in [0.4, 0.5) is 3.50 Å². The summed E-state index contributed by atoms with van der Waals surface area (Å²) in [5, 5.41) is 0. The van der Waals surface area contributed by atoms with Crippen molar-refractivity contribution < 1.29 is 3.50 Å². The average molecular weight is 412 g/mol. The third kappa shape index (κ3) is 5.81. The normalized spacial score (nSPS) is 15.6. The molecule has 0 bridgehead atoms. The molecule has 0 saturated carbocycles. The Kier molecular flexibility index (Phi) is 6.81. The molecule has 0 aliphatic carbocycles. The second-order valence-electron chi connectivity index (χ2n) is 9.62. The zero-order chi connectivity index (χ0) is 16.7. The summed E-state index contributed by atoms with van der Waals surface area (Å²) < 4.78 is 20.8. The topological polar surface area (TPSA) is 6.48 Å². The SMILES string of the molecule is C[Si](C)(C)[N]([Ge]([F])[N]([Si](C)(C)C)[Si](C)(C)C)[Si](C)(C)C. The average Bonchev–Trinajstić information content (AvgIpc) is 1.88. The van der Waals surface area contributed by atoms with E-state index >= 15 is 3.50 Å². The van der Waals surface area contributed by atoms with Gasteiger partial charge in [-0.25, -0.2) is 0 Å². The fourth-order valence-corrected chi connectivity index (χ4v) is 40.0. The summed E-state index contributed by atoms with van der Waals surface area (Å²) in [4.78, 5) is 0. The van der Waals surface area contributed by atoms with Crippen molar-refractivity contribution in [1.29, 1.82) is 0 Å². The van der Waals surface area contributed by atoms with Gasteiger partial charge in [0.2, 0.25) is 0 Å². The van der Waals surface area contributed by atoms with E-state index in [4.69, 9.17) is 0 Å². The van der Waals surface area contributed by atoms with Crippen LogP contribution in [0.25, 0.3) is 0 Å². The summed E-state index contributed by atoms with van der Waals surface area (Å²) in [5.41, 5.74) is 0. The van der Waals surface area contributed by atoms with Crippen molar-refractivity contribution in [2.45, 2.75) is 78.6 Å². The minimum absolute atomic E-state index is 1.61. The van der Waals surface area contributed by atoms with Crippen molar-refractivity contribution in [2.75, 3.05) is 0 Å². The molecule has 0 amide bonds. The molecule has 0 spiro atoms. The molecule has 8 heteroatoms. The number of rotatable bonds is 6. The summed E-state index contributed by atoms with van der Waals surface area (Å²) in [6.07, 6.45) is 0. The van der Waals surface area contributed by atoms with Gasteiger partial charge in [-0.15, -0.1) is 0 Å². The van der Waals surface area contributed by atoms with Gasteiger partial charge in [0.25, 0.3) is 0 Å². The van der Waals surface area contributed by atoms with Crippen molar-refractivity contribution >= 4 is 48.2 Å². The van der Waals surface area contributed by atoms with E-state index in [2.05, 4.69) is 84.9 Å².